The summed E-state index contributed by atoms with van der Waals surface area (Å²) in [5.41, 5.74) is 1.92. The van der Waals surface area contributed by atoms with Gasteiger partial charge in [0.1, 0.15) is 12.2 Å². The number of nitrogens with zero attached hydrogens (tertiary/aromatic N) is 1. The Morgan fingerprint density at radius 2 is 1.72 bits per heavy atom. The maximum Gasteiger partial charge on any atom is 0.335 e. The first-order valence-electron chi connectivity index (χ1n) is 10.6. The third kappa shape index (κ3) is 5.18. The van der Waals surface area contributed by atoms with Crippen LogP contribution in [0.4, 0.5) is 10.5 Å². The van der Waals surface area contributed by atoms with Gasteiger partial charge in [-0.25, -0.2) is 9.69 Å². The molecule has 3 aromatic rings. The first kappa shape index (κ1) is 25.6. The molecule has 0 unspecified atom stereocenters. The van der Waals surface area contributed by atoms with Crippen LogP contribution in [-0.2, 0) is 16.2 Å². The topological polar surface area (TPSA) is 84.9 Å². The molecule has 1 N–H and O–H groups in total. The number of hydrogen-bond acceptors (Lipinski definition) is 5. The van der Waals surface area contributed by atoms with E-state index in [2.05, 4.69) is 5.32 Å². The fraction of sp³-hybridized carbons (Fsp3) is 0.115. The van der Waals surface area contributed by atoms with Gasteiger partial charge in [0.25, 0.3) is 11.8 Å². The van der Waals surface area contributed by atoms with Gasteiger partial charge in [-0.3, -0.25) is 14.9 Å². The Kier molecular flexibility index (Phi) is 7.54. The molecule has 36 heavy (non-hydrogen) atoms. The van der Waals surface area contributed by atoms with Crippen LogP contribution in [0.2, 0.25) is 15.1 Å². The Balaban J connectivity index is 1.65. The number of nitrogens with one attached hydrogen (secondary N) is 1. The largest absolute Gasteiger partial charge is 0.493 e. The van der Waals surface area contributed by atoms with Gasteiger partial charge < -0.3 is 9.47 Å². The van der Waals surface area contributed by atoms with E-state index in [1.807, 2.05) is 0 Å². The summed E-state index contributed by atoms with van der Waals surface area (Å²) in [6, 6.07) is 14.2. The Bertz CT molecular complexity index is 1420. The van der Waals surface area contributed by atoms with Crippen LogP contribution in [0.1, 0.15) is 16.7 Å². The molecule has 184 valence electrons. The second kappa shape index (κ2) is 10.6. The number of barbiturate groups is 1. The fourth-order valence-electron chi connectivity index (χ4n) is 3.61. The van der Waals surface area contributed by atoms with Crippen molar-refractivity contribution in [3.8, 4) is 11.5 Å². The van der Waals surface area contributed by atoms with Crippen LogP contribution in [0.3, 0.4) is 0 Å². The minimum Gasteiger partial charge on any atom is -0.493 e. The number of methoxy groups -OCH3 is 1. The molecule has 1 aliphatic heterocycles. The lowest BCUT2D eigenvalue weighted by Gasteiger charge is -2.27. The van der Waals surface area contributed by atoms with Crippen molar-refractivity contribution < 1.29 is 23.9 Å². The van der Waals surface area contributed by atoms with Crippen molar-refractivity contribution in [1.29, 1.82) is 0 Å². The molecule has 1 heterocycles. The average molecular weight is 546 g/mol. The molecular formula is C26H19Cl3N2O5. The molecule has 4 amide bonds. The van der Waals surface area contributed by atoms with Crippen LogP contribution in [0.5, 0.6) is 11.5 Å². The third-order valence-corrected chi connectivity index (χ3v) is 6.28. The van der Waals surface area contributed by atoms with Crippen LogP contribution >= 0.6 is 34.8 Å². The Morgan fingerprint density at radius 3 is 2.42 bits per heavy atom. The van der Waals surface area contributed by atoms with Crippen molar-refractivity contribution in [3.63, 3.8) is 0 Å². The lowest BCUT2D eigenvalue weighted by molar-refractivity contribution is -0.122. The number of para-hydroxylation sites is 1. The predicted octanol–water partition coefficient (Wildman–Crippen LogP) is 6.21. The van der Waals surface area contributed by atoms with E-state index in [-0.39, 0.29) is 28.7 Å². The zero-order chi connectivity index (χ0) is 26.0. The molecule has 7 nitrogen and oxygen atoms in total. The van der Waals surface area contributed by atoms with Gasteiger partial charge >= 0.3 is 6.03 Å². The number of carbonyl (C=O) groups is 3. The zero-order valence-electron chi connectivity index (χ0n) is 19.1. The first-order chi connectivity index (χ1) is 17.2. The number of imide groups is 2. The first-order valence-corrected chi connectivity index (χ1v) is 11.7. The predicted molar refractivity (Wildman–Crippen MR) is 139 cm³/mol. The van der Waals surface area contributed by atoms with E-state index in [1.54, 1.807) is 55.5 Å². The summed E-state index contributed by atoms with van der Waals surface area (Å²) in [6.45, 7) is 1.86. The van der Waals surface area contributed by atoms with E-state index in [9.17, 15) is 14.4 Å². The van der Waals surface area contributed by atoms with Gasteiger partial charge in [0.2, 0.25) is 0 Å². The number of aryl methyl sites for hydroxylation is 1. The van der Waals surface area contributed by atoms with Crippen molar-refractivity contribution in [2.75, 3.05) is 12.0 Å². The number of anilines is 1. The van der Waals surface area contributed by atoms with Crippen LogP contribution in [0, 0.1) is 6.92 Å². The number of ether oxygens (including phenoxy) is 2. The van der Waals surface area contributed by atoms with E-state index in [1.165, 1.54) is 19.3 Å². The molecule has 1 aliphatic rings. The number of benzene rings is 3. The van der Waals surface area contributed by atoms with Gasteiger partial charge in [-0.05, 0) is 54.5 Å². The molecular weight excluding hydrogens is 527 g/mol. The lowest BCUT2D eigenvalue weighted by atomic mass is 10.1. The number of rotatable bonds is 6. The minimum absolute atomic E-state index is 0.0981. The molecule has 10 heteroatoms. The number of hydrogen-bond donors (Lipinski definition) is 1. The molecule has 0 bridgehead atoms. The van der Waals surface area contributed by atoms with Crippen molar-refractivity contribution in [2.24, 2.45) is 0 Å². The smallest absolute Gasteiger partial charge is 0.335 e. The molecule has 0 radical (unpaired) electrons. The average Bonchev–Trinajstić information content (AvgIpc) is 2.83. The summed E-state index contributed by atoms with van der Waals surface area (Å²) in [5.74, 6) is -1.05. The molecule has 0 saturated carbocycles. The normalized spacial score (nSPS) is 14.8. The van der Waals surface area contributed by atoms with Gasteiger partial charge in [0.05, 0.1) is 17.8 Å². The lowest BCUT2D eigenvalue weighted by Crippen LogP contribution is -2.54. The summed E-state index contributed by atoms with van der Waals surface area (Å²) < 4.78 is 11.3. The summed E-state index contributed by atoms with van der Waals surface area (Å²) in [5, 5.41) is 3.33. The monoisotopic (exact) mass is 544 g/mol. The third-order valence-electron chi connectivity index (χ3n) is 5.41. The van der Waals surface area contributed by atoms with Crippen molar-refractivity contribution in [1.82, 2.24) is 5.32 Å². The second-order valence-electron chi connectivity index (χ2n) is 7.80. The molecule has 3 aromatic carbocycles. The number of carbonyl (C=O) groups excluding carboxylic acids is 3. The highest BCUT2D eigenvalue weighted by molar-refractivity contribution is 6.39. The maximum atomic E-state index is 13.2. The summed E-state index contributed by atoms with van der Waals surface area (Å²) in [4.78, 5) is 39.1. The van der Waals surface area contributed by atoms with E-state index < -0.39 is 17.8 Å². The minimum atomic E-state index is -0.823. The van der Waals surface area contributed by atoms with Gasteiger partial charge in [0, 0.05) is 15.6 Å². The number of urea groups is 1. The highest BCUT2D eigenvalue weighted by atomic mass is 35.5. The highest BCUT2D eigenvalue weighted by Gasteiger charge is 2.37. The second-order valence-corrected chi connectivity index (χ2v) is 9.05. The SMILES string of the molecule is COc1cc(/C=C2\C(=O)NC(=O)N(c3ccccc3C)C2=O)cc(Cl)c1OCc1ccc(Cl)cc1Cl. The summed E-state index contributed by atoms with van der Waals surface area (Å²) in [6.07, 6.45) is 1.34. The molecule has 4 rings (SSSR count). The van der Waals surface area contributed by atoms with Crippen molar-refractivity contribution in [3.05, 3.63) is 91.9 Å². The molecule has 0 aromatic heterocycles. The van der Waals surface area contributed by atoms with Crippen LogP contribution in [0.15, 0.2) is 60.2 Å². The molecule has 0 spiro atoms. The Labute approximate surface area is 222 Å². The molecule has 0 atom stereocenters. The zero-order valence-corrected chi connectivity index (χ0v) is 21.4. The van der Waals surface area contributed by atoms with E-state index in [4.69, 9.17) is 44.3 Å². The Hall–Kier alpha value is -3.52. The quantitative estimate of drug-likeness (QED) is 0.294. The number of halogens is 3. The number of amides is 4. The fourth-order valence-corrected chi connectivity index (χ4v) is 4.35. The van der Waals surface area contributed by atoms with Gasteiger partial charge in [-0.2, -0.15) is 0 Å². The van der Waals surface area contributed by atoms with Gasteiger partial charge in [-0.15, -0.1) is 0 Å². The van der Waals surface area contributed by atoms with Crippen LogP contribution in [0.25, 0.3) is 6.08 Å². The molecule has 1 saturated heterocycles. The summed E-state index contributed by atoms with van der Waals surface area (Å²) in [7, 11) is 1.43. The maximum absolute atomic E-state index is 13.2. The standard InChI is InChI=1S/C26H19Cl3N2O5/c1-14-5-3-4-6-21(14)31-25(33)18(24(32)30-26(31)34)9-15-10-20(29)23(22(11-15)35-2)36-13-16-7-8-17(27)12-19(16)28/h3-12H,13H2,1-2H3,(H,30,32,34)/b18-9+. The molecule has 0 aliphatic carbocycles. The van der Waals surface area contributed by atoms with E-state index >= 15 is 0 Å². The van der Waals surface area contributed by atoms with Gasteiger partial charge in [-0.1, -0.05) is 59.1 Å². The Morgan fingerprint density at radius 1 is 0.972 bits per heavy atom. The van der Waals surface area contributed by atoms with Crippen molar-refractivity contribution >= 4 is 64.4 Å². The van der Waals surface area contributed by atoms with Crippen LogP contribution in [-0.4, -0.2) is 25.0 Å². The highest BCUT2D eigenvalue weighted by Crippen LogP contribution is 2.38. The van der Waals surface area contributed by atoms with Crippen LogP contribution < -0.4 is 19.7 Å². The van der Waals surface area contributed by atoms with E-state index in [0.717, 1.165) is 4.90 Å². The van der Waals surface area contributed by atoms with Gasteiger partial charge in [0.15, 0.2) is 11.5 Å². The van der Waals surface area contributed by atoms with E-state index in [0.29, 0.717) is 32.4 Å². The summed E-state index contributed by atoms with van der Waals surface area (Å²) >= 11 is 18.6. The van der Waals surface area contributed by atoms with Crippen molar-refractivity contribution in [2.45, 2.75) is 13.5 Å². The molecule has 1 fully saturated rings.